The van der Waals surface area contributed by atoms with Crippen LogP contribution < -0.4 is 16.0 Å². The number of aliphatic hydroxyl groups excluding tert-OH is 1. The molecule has 8 nitrogen and oxygen atoms in total. The summed E-state index contributed by atoms with van der Waals surface area (Å²) in [7, 11) is 3.68. The maximum Gasteiger partial charge on any atom is 0.405 e. The molecule has 2 aliphatic carbocycles. The number of guanidine groups is 1. The number of nitrogens with zero attached hydrogens (tertiary/aromatic N) is 3. The first-order valence-corrected chi connectivity index (χ1v) is 14.8. The summed E-state index contributed by atoms with van der Waals surface area (Å²) in [6.45, 7) is 5.35. The van der Waals surface area contributed by atoms with Gasteiger partial charge in [-0.25, -0.2) is 0 Å². The van der Waals surface area contributed by atoms with Gasteiger partial charge in [0.2, 0.25) is 0 Å². The summed E-state index contributed by atoms with van der Waals surface area (Å²) in [6.07, 6.45) is 3.27. The lowest BCUT2D eigenvalue weighted by atomic mass is 9.71. The zero-order valence-corrected chi connectivity index (χ0v) is 23.3. The Balaban J connectivity index is 1.21. The highest BCUT2D eigenvalue weighted by Crippen LogP contribution is 2.40. The summed E-state index contributed by atoms with van der Waals surface area (Å²) in [4.78, 5) is 5.85. The van der Waals surface area contributed by atoms with Crippen LogP contribution in [0.5, 0.6) is 0 Å². The molecule has 2 saturated carbocycles. The van der Waals surface area contributed by atoms with Gasteiger partial charge in [-0.2, -0.15) is 13.2 Å². The Morgan fingerprint density at radius 1 is 0.974 bits per heavy atom. The van der Waals surface area contributed by atoms with Gasteiger partial charge in [0.05, 0.1) is 12.3 Å². The molecule has 5 aliphatic rings. The molecule has 0 aromatic carbocycles. The third-order valence-corrected chi connectivity index (χ3v) is 10.4. The molecule has 5 rings (SSSR count). The number of hydrogen-bond donors (Lipinski definition) is 5. The smallest absolute Gasteiger partial charge is 0.376 e. The molecule has 3 heterocycles. The van der Waals surface area contributed by atoms with Gasteiger partial charge in [0.15, 0.2) is 5.96 Å². The molecule has 3 saturated heterocycles. The Hall–Kier alpha value is -1.14. The highest BCUT2D eigenvalue weighted by molar-refractivity contribution is 5.80. The van der Waals surface area contributed by atoms with Crippen LogP contribution in [0.15, 0.2) is 0 Å². The molecule has 0 radical (unpaired) electrons. The van der Waals surface area contributed by atoms with E-state index in [9.17, 15) is 18.3 Å². The molecule has 5 N–H and O–H groups in total. The molecule has 0 spiro atoms. The number of alkyl halides is 3. The Labute approximate surface area is 225 Å². The largest absolute Gasteiger partial charge is 0.405 e. The lowest BCUT2D eigenvalue weighted by molar-refractivity contribution is -0.150. The van der Waals surface area contributed by atoms with Crippen LogP contribution in [0.25, 0.3) is 0 Å². The normalized spacial score (nSPS) is 43.2. The predicted molar refractivity (Wildman–Crippen MR) is 141 cm³/mol. The van der Waals surface area contributed by atoms with Crippen LogP contribution in [0.4, 0.5) is 13.2 Å². The van der Waals surface area contributed by atoms with E-state index in [1.807, 2.05) is 16.8 Å². The van der Waals surface area contributed by atoms with E-state index in [0.717, 1.165) is 38.6 Å². The third-order valence-electron chi connectivity index (χ3n) is 10.4. The minimum atomic E-state index is -4.21. The molecule has 11 heteroatoms. The van der Waals surface area contributed by atoms with Gasteiger partial charge in [0.25, 0.3) is 0 Å². The fraction of sp³-hybridized carbons (Fsp3) is 0.963. The van der Waals surface area contributed by atoms with Crippen molar-refractivity contribution in [2.75, 3.05) is 27.2 Å². The highest BCUT2D eigenvalue weighted by Gasteiger charge is 2.52. The summed E-state index contributed by atoms with van der Waals surface area (Å²) >= 11 is 0. The van der Waals surface area contributed by atoms with Crippen molar-refractivity contribution >= 4 is 5.96 Å². The lowest BCUT2D eigenvalue weighted by Gasteiger charge is -2.48. The SMILES string of the molecule is CC(C)C1CCCCC1C1NC(O)C2C(N1)N(CC1CCC(C3NC(C(F)(F)F)CN3C)CC1)C(=N)N2C. The van der Waals surface area contributed by atoms with Crippen LogP contribution in [0.2, 0.25) is 0 Å². The number of aliphatic hydroxyl groups is 1. The maximum absolute atomic E-state index is 13.3. The summed E-state index contributed by atoms with van der Waals surface area (Å²) in [5.74, 6) is 2.68. The van der Waals surface area contributed by atoms with Crippen molar-refractivity contribution in [3.05, 3.63) is 0 Å². The first-order valence-electron chi connectivity index (χ1n) is 14.8. The molecule has 8 unspecified atom stereocenters. The average Bonchev–Trinajstić information content (AvgIpc) is 3.38. The van der Waals surface area contributed by atoms with Crippen molar-refractivity contribution in [3.63, 3.8) is 0 Å². The minimum Gasteiger partial charge on any atom is -0.376 e. The summed E-state index contributed by atoms with van der Waals surface area (Å²) in [5, 5.41) is 30.2. The molecule has 0 bridgehead atoms. The van der Waals surface area contributed by atoms with Gasteiger partial charge in [-0.15, -0.1) is 0 Å². The van der Waals surface area contributed by atoms with Gasteiger partial charge in [0.1, 0.15) is 24.5 Å². The zero-order valence-electron chi connectivity index (χ0n) is 23.3. The number of halogens is 3. The zero-order chi connectivity index (χ0) is 27.4. The number of hydrogen-bond acceptors (Lipinski definition) is 6. The molecule has 3 aliphatic heterocycles. The van der Waals surface area contributed by atoms with Crippen molar-refractivity contribution in [2.45, 2.75) is 108 Å². The van der Waals surface area contributed by atoms with E-state index in [1.165, 1.54) is 19.3 Å². The highest BCUT2D eigenvalue weighted by atomic mass is 19.4. The van der Waals surface area contributed by atoms with Crippen LogP contribution in [0.1, 0.15) is 65.2 Å². The summed E-state index contributed by atoms with van der Waals surface area (Å²) in [6, 6.07) is -1.68. The van der Waals surface area contributed by atoms with Gasteiger partial charge in [-0.1, -0.05) is 26.7 Å². The van der Waals surface area contributed by atoms with E-state index >= 15 is 0 Å². The van der Waals surface area contributed by atoms with E-state index in [4.69, 9.17) is 5.41 Å². The quantitative estimate of drug-likeness (QED) is 0.364. The Morgan fingerprint density at radius 2 is 1.66 bits per heavy atom. The molecule has 218 valence electrons. The van der Waals surface area contributed by atoms with E-state index in [0.29, 0.717) is 29.6 Å². The van der Waals surface area contributed by atoms with Gasteiger partial charge in [0, 0.05) is 20.1 Å². The van der Waals surface area contributed by atoms with Crippen LogP contribution in [-0.4, -0.2) is 95.9 Å². The van der Waals surface area contributed by atoms with Gasteiger partial charge in [-0.3, -0.25) is 26.3 Å². The van der Waals surface area contributed by atoms with Crippen LogP contribution in [0.3, 0.4) is 0 Å². The molecule has 38 heavy (non-hydrogen) atoms. The molecule has 0 aromatic rings. The monoisotopic (exact) mass is 543 g/mol. The molecule has 0 amide bonds. The number of likely N-dealkylation sites (N-methyl/N-ethyl adjacent to an activating group) is 2. The molecular weight excluding hydrogens is 495 g/mol. The molecular formula is C27H48F3N7O. The Kier molecular flexibility index (Phi) is 8.24. The molecule has 8 atom stereocenters. The number of rotatable bonds is 5. The van der Waals surface area contributed by atoms with Crippen LogP contribution in [0, 0.1) is 35.0 Å². The average molecular weight is 544 g/mol. The van der Waals surface area contributed by atoms with Crippen molar-refractivity contribution in [1.82, 2.24) is 30.7 Å². The fourth-order valence-corrected chi connectivity index (χ4v) is 8.28. The topological polar surface area (TPSA) is 89.9 Å². The first-order chi connectivity index (χ1) is 18.0. The third kappa shape index (κ3) is 5.42. The van der Waals surface area contributed by atoms with Crippen LogP contribution >= 0.6 is 0 Å². The number of nitrogens with one attached hydrogen (secondary N) is 4. The van der Waals surface area contributed by atoms with Gasteiger partial charge < -0.3 is 14.9 Å². The van der Waals surface area contributed by atoms with Gasteiger partial charge >= 0.3 is 6.18 Å². The standard InChI is InChI=1S/C27H48F3N7O/c1-15(2)18-7-5-6-8-19(18)22-33-24-21(25(38)34-22)36(4)26(31)37(24)13-16-9-11-17(12-10-16)23-32-20(14-35(23)3)27(28,29)30/h15-25,31-34,38H,5-14H2,1-4H3. The maximum atomic E-state index is 13.3. The van der Waals surface area contributed by atoms with Crippen molar-refractivity contribution in [2.24, 2.45) is 29.6 Å². The van der Waals surface area contributed by atoms with E-state index < -0.39 is 18.4 Å². The molecule has 5 fully saturated rings. The van der Waals surface area contributed by atoms with Crippen LogP contribution in [-0.2, 0) is 0 Å². The van der Waals surface area contributed by atoms with E-state index in [2.05, 4.69) is 34.7 Å². The first kappa shape index (κ1) is 28.4. The van der Waals surface area contributed by atoms with E-state index in [1.54, 1.807) is 7.05 Å². The second-order valence-corrected chi connectivity index (χ2v) is 13.1. The summed E-state index contributed by atoms with van der Waals surface area (Å²) < 4.78 is 39.8. The van der Waals surface area contributed by atoms with Crippen molar-refractivity contribution in [3.8, 4) is 0 Å². The fourth-order valence-electron chi connectivity index (χ4n) is 8.28. The summed E-state index contributed by atoms with van der Waals surface area (Å²) in [5.41, 5.74) is 0. The van der Waals surface area contributed by atoms with Gasteiger partial charge in [-0.05, 0) is 75.2 Å². The van der Waals surface area contributed by atoms with E-state index in [-0.39, 0.29) is 37.0 Å². The minimum absolute atomic E-state index is 0.0102. The Bertz CT molecular complexity index is 836. The van der Waals surface area contributed by atoms with Crippen molar-refractivity contribution < 1.29 is 18.3 Å². The second kappa shape index (κ2) is 11.0. The molecule has 0 aromatic heterocycles. The lowest BCUT2D eigenvalue weighted by Crippen LogP contribution is -2.71. The number of fused-ring (bicyclic) bond motifs is 1. The predicted octanol–water partition coefficient (Wildman–Crippen LogP) is 2.76. The Morgan fingerprint density at radius 3 is 2.29 bits per heavy atom. The second-order valence-electron chi connectivity index (χ2n) is 13.1. The van der Waals surface area contributed by atoms with Crippen molar-refractivity contribution in [1.29, 1.82) is 5.41 Å².